The third-order valence-electron chi connectivity index (χ3n) is 2.07. The van der Waals surface area contributed by atoms with Crippen molar-refractivity contribution in [1.82, 2.24) is 4.47 Å². The number of sulfonamides is 1. The van der Waals surface area contributed by atoms with Crippen LogP contribution in [0.1, 0.15) is 13.8 Å². The lowest BCUT2D eigenvalue weighted by atomic mass is 10.4. The normalized spacial score (nSPS) is 23.8. The Morgan fingerprint density at radius 3 is 2.38 bits per heavy atom. The molecule has 0 aromatic rings. The van der Waals surface area contributed by atoms with Crippen LogP contribution in [0.4, 0.5) is 0 Å². The Bertz CT molecular complexity index is 428. The van der Waals surface area contributed by atoms with Gasteiger partial charge in [-0.1, -0.05) is 4.47 Å². The fourth-order valence-corrected chi connectivity index (χ4v) is 2.68. The van der Waals surface area contributed by atoms with Gasteiger partial charge >= 0.3 is 0 Å². The second-order valence-corrected chi connectivity index (χ2v) is 7.28. The lowest BCUT2D eigenvalue weighted by Gasteiger charge is -2.12. The van der Waals surface area contributed by atoms with E-state index < -0.39 is 26.2 Å². The molecule has 7 nitrogen and oxygen atoms in total. The minimum atomic E-state index is -3.58. The fraction of sp³-hybridized carbons (Fsp3) is 1.00. The average molecular weight is 273 g/mol. The van der Waals surface area contributed by atoms with Crippen LogP contribution in [-0.2, 0) is 29.2 Å². The van der Waals surface area contributed by atoms with Crippen LogP contribution in [0.25, 0.3) is 0 Å². The molecule has 0 spiro atoms. The van der Waals surface area contributed by atoms with Crippen molar-refractivity contribution >= 4 is 20.1 Å². The molecule has 1 atom stereocenters. The van der Waals surface area contributed by atoms with E-state index in [2.05, 4.69) is 0 Å². The molecule has 0 unspecified atom stereocenters. The van der Waals surface area contributed by atoms with Crippen molar-refractivity contribution in [3.8, 4) is 0 Å². The Kier molecular flexibility index (Phi) is 4.29. The molecule has 1 saturated heterocycles. The molecule has 0 aromatic heterocycles. The van der Waals surface area contributed by atoms with Gasteiger partial charge < -0.3 is 0 Å². The van der Waals surface area contributed by atoms with E-state index in [0.29, 0.717) is 0 Å². The first-order chi connectivity index (χ1) is 7.30. The first-order valence-corrected chi connectivity index (χ1v) is 8.03. The molecule has 96 valence electrons. The Balaban J connectivity index is 2.61. The highest BCUT2D eigenvalue weighted by atomic mass is 32.2. The van der Waals surface area contributed by atoms with E-state index >= 15 is 0 Å². The highest BCUT2D eigenvalue weighted by Gasteiger charge is 2.34. The monoisotopic (exact) mass is 273 g/mol. The predicted molar refractivity (Wildman–Crippen MR) is 56.5 cm³/mol. The number of nitrogens with zero attached hydrogens (tertiary/aromatic N) is 1. The van der Waals surface area contributed by atoms with Crippen LogP contribution in [0.2, 0.25) is 0 Å². The molecule has 1 fully saturated rings. The molecule has 0 radical (unpaired) electrons. The highest BCUT2D eigenvalue weighted by Crippen LogP contribution is 2.15. The van der Waals surface area contributed by atoms with E-state index in [9.17, 15) is 16.8 Å². The zero-order valence-corrected chi connectivity index (χ0v) is 10.8. The molecule has 0 aliphatic carbocycles. The molecule has 9 heteroatoms. The molecule has 16 heavy (non-hydrogen) atoms. The standard InChI is InChI=1S/C7H15NO6S2/c1-3-15(9,10)8-5-7(6-13-8)14-16(11,12)4-2/h7H,3-6H2,1-2H3/t7-/m0/s1. The third-order valence-corrected chi connectivity index (χ3v) is 4.95. The van der Waals surface area contributed by atoms with E-state index in [1.165, 1.54) is 13.8 Å². The first kappa shape index (κ1) is 13.8. The minimum absolute atomic E-state index is 0.0710. The van der Waals surface area contributed by atoms with Crippen molar-refractivity contribution in [3.05, 3.63) is 0 Å². The largest absolute Gasteiger partial charge is 0.281 e. The molecule has 0 aromatic carbocycles. The maximum atomic E-state index is 11.4. The molecule has 0 N–H and O–H groups in total. The van der Waals surface area contributed by atoms with Gasteiger partial charge in [0.1, 0.15) is 6.10 Å². The van der Waals surface area contributed by atoms with E-state index in [-0.39, 0.29) is 24.7 Å². The summed E-state index contributed by atoms with van der Waals surface area (Å²) < 4.78 is 50.6. The Hall–Kier alpha value is -0.220. The molecule has 0 bridgehead atoms. The molecule has 1 aliphatic heterocycles. The lowest BCUT2D eigenvalue weighted by molar-refractivity contribution is -0.0307. The molecule has 1 aliphatic rings. The molecule has 0 amide bonds. The van der Waals surface area contributed by atoms with Crippen LogP contribution in [0.5, 0.6) is 0 Å². The Morgan fingerprint density at radius 2 is 1.88 bits per heavy atom. The zero-order chi connectivity index (χ0) is 12.4. The highest BCUT2D eigenvalue weighted by molar-refractivity contribution is 7.88. The zero-order valence-electron chi connectivity index (χ0n) is 9.12. The molecule has 1 rings (SSSR count). The van der Waals surface area contributed by atoms with Crippen molar-refractivity contribution in [2.75, 3.05) is 24.7 Å². The SMILES string of the molecule is CCS(=O)(=O)O[C@@H]1CON(S(=O)(=O)CC)C1. The number of hydroxylamine groups is 1. The number of hydrogen-bond donors (Lipinski definition) is 0. The van der Waals surface area contributed by atoms with Gasteiger partial charge in [0.05, 0.1) is 24.7 Å². The average Bonchev–Trinajstić information content (AvgIpc) is 2.66. The quantitative estimate of drug-likeness (QED) is 0.616. The van der Waals surface area contributed by atoms with Gasteiger partial charge in [-0.05, 0) is 13.8 Å². The summed E-state index contributed by atoms with van der Waals surface area (Å²) in [6.45, 7) is 2.77. The Labute approximate surface area is 95.5 Å². The summed E-state index contributed by atoms with van der Waals surface area (Å²) in [4.78, 5) is 4.87. The molecular weight excluding hydrogens is 258 g/mol. The predicted octanol–water partition coefficient (Wildman–Crippen LogP) is -0.682. The number of rotatable bonds is 5. The first-order valence-electron chi connectivity index (χ1n) is 4.85. The van der Waals surface area contributed by atoms with Crippen LogP contribution in [-0.4, -0.2) is 52.1 Å². The van der Waals surface area contributed by atoms with Gasteiger partial charge in [-0.15, -0.1) is 0 Å². The van der Waals surface area contributed by atoms with Crippen LogP contribution >= 0.6 is 0 Å². The summed E-state index contributed by atoms with van der Waals surface area (Å²) in [6, 6.07) is 0. The van der Waals surface area contributed by atoms with Crippen LogP contribution in [0.15, 0.2) is 0 Å². The summed E-state index contributed by atoms with van der Waals surface area (Å²) in [5.74, 6) is -0.246. The maximum absolute atomic E-state index is 11.4. The van der Waals surface area contributed by atoms with Crippen molar-refractivity contribution < 1.29 is 25.9 Å². The van der Waals surface area contributed by atoms with Crippen molar-refractivity contribution in [2.24, 2.45) is 0 Å². The smallest absolute Gasteiger partial charge is 0.267 e. The van der Waals surface area contributed by atoms with Crippen molar-refractivity contribution in [3.63, 3.8) is 0 Å². The van der Waals surface area contributed by atoms with Gasteiger partial charge in [-0.3, -0.25) is 9.02 Å². The van der Waals surface area contributed by atoms with E-state index in [4.69, 9.17) is 9.02 Å². The topological polar surface area (TPSA) is 90.0 Å². The van der Waals surface area contributed by atoms with Gasteiger partial charge in [0.15, 0.2) is 0 Å². The van der Waals surface area contributed by atoms with Gasteiger partial charge in [-0.25, -0.2) is 8.42 Å². The van der Waals surface area contributed by atoms with Gasteiger partial charge in [0.25, 0.3) is 10.1 Å². The molecule has 0 saturated carbocycles. The maximum Gasteiger partial charge on any atom is 0.267 e. The number of hydrogen-bond acceptors (Lipinski definition) is 6. The summed E-state index contributed by atoms with van der Waals surface area (Å²) in [7, 11) is -7.04. The van der Waals surface area contributed by atoms with Gasteiger partial charge in [-0.2, -0.15) is 8.42 Å². The summed E-state index contributed by atoms with van der Waals surface area (Å²) in [5, 5.41) is 0. The van der Waals surface area contributed by atoms with Crippen LogP contribution in [0, 0.1) is 0 Å². The minimum Gasteiger partial charge on any atom is -0.281 e. The van der Waals surface area contributed by atoms with Crippen molar-refractivity contribution in [2.45, 2.75) is 20.0 Å². The fourth-order valence-electron chi connectivity index (χ4n) is 1.11. The van der Waals surface area contributed by atoms with Crippen LogP contribution in [0.3, 0.4) is 0 Å². The Morgan fingerprint density at radius 1 is 1.25 bits per heavy atom. The summed E-state index contributed by atoms with van der Waals surface area (Å²) >= 11 is 0. The van der Waals surface area contributed by atoms with E-state index in [1.54, 1.807) is 0 Å². The molecule has 1 heterocycles. The van der Waals surface area contributed by atoms with E-state index in [1.807, 2.05) is 0 Å². The van der Waals surface area contributed by atoms with Gasteiger partial charge in [0, 0.05) is 0 Å². The second-order valence-electron chi connectivity index (χ2n) is 3.25. The van der Waals surface area contributed by atoms with Crippen LogP contribution < -0.4 is 0 Å². The lowest BCUT2D eigenvalue weighted by Crippen LogP contribution is -2.31. The second kappa shape index (κ2) is 4.96. The summed E-state index contributed by atoms with van der Waals surface area (Å²) in [6.07, 6.45) is -0.758. The summed E-state index contributed by atoms with van der Waals surface area (Å²) in [5.41, 5.74) is 0. The molecular formula is C7H15NO6S2. The third kappa shape index (κ3) is 3.39. The van der Waals surface area contributed by atoms with Gasteiger partial charge in [0.2, 0.25) is 10.0 Å². The van der Waals surface area contributed by atoms with Crippen molar-refractivity contribution in [1.29, 1.82) is 0 Å². The van der Waals surface area contributed by atoms with E-state index in [0.717, 1.165) is 4.47 Å².